The van der Waals surface area contributed by atoms with Crippen LogP contribution in [0.15, 0.2) is 12.1 Å². The molecule has 8 heteroatoms. The van der Waals surface area contributed by atoms with Crippen LogP contribution in [-0.4, -0.2) is 30.5 Å². The Bertz CT molecular complexity index is 545. The van der Waals surface area contributed by atoms with Gasteiger partial charge in [-0.3, -0.25) is 14.9 Å². The Kier molecular flexibility index (Phi) is 4.23. The summed E-state index contributed by atoms with van der Waals surface area (Å²) in [4.78, 5) is 21.4. The molecule has 6 nitrogen and oxygen atoms in total. The van der Waals surface area contributed by atoms with Crippen LogP contribution in [0.5, 0.6) is 0 Å². The molecule has 1 saturated heterocycles. The standard InChI is InChI=1S/C12H13F2N3O3/c13-8-1-2-9(17(19)20)11(14)10(8)12(18)16-6-7-3-4-15-5-7/h1-2,7,15H,3-6H2,(H,16,18). The summed E-state index contributed by atoms with van der Waals surface area (Å²) in [6.07, 6.45) is 0.861. The maximum atomic E-state index is 13.8. The van der Waals surface area contributed by atoms with Crippen LogP contribution in [0, 0.1) is 27.7 Å². The first-order valence-electron chi connectivity index (χ1n) is 6.12. The summed E-state index contributed by atoms with van der Waals surface area (Å²) in [7, 11) is 0. The maximum Gasteiger partial charge on any atom is 0.305 e. The van der Waals surface area contributed by atoms with Gasteiger partial charge in [-0.15, -0.1) is 0 Å². The number of hydrogen-bond acceptors (Lipinski definition) is 4. The van der Waals surface area contributed by atoms with Crippen molar-refractivity contribution in [1.29, 1.82) is 0 Å². The van der Waals surface area contributed by atoms with Gasteiger partial charge in [0.25, 0.3) is 5.91 Å². The van der Waals surface area contributed by atoms with Crippen molar-refractivity contribution in [3.05, 3.63) is 39.4 Å². The fourth-order valence-corrected chi connectivity index (χ4v) is 2.10. The Morgan fingerprint density at radius 2 is 2.25 bits per heavy atom. The normalized spacial score (nSPS) is 18.0. The van der Waals surface area contributed by atoms with Crippen molar-refractivity contribution in [2.75, 3.05) is 19.6 Å². The molecule has 0 bridgehead atoms. The van der Waals surface area contributed by atoms with E-state index in [-0.39, 0.29) is 12.5 Å². The Hall–Kier alpha value is -2.09. The van der Waals surface area contributed by atoms with E-state index in [1.165, 1.54) is 0 Å². The molecule has 0 saturated carbocycles. The quantitative estimate of drug-likeness (QED) is 0.643. The minimum Gasteiger partial charge on any atom is -0.352 e. The van der Waals surface area contributed by atoms with Gasteiger partial charge in [-0.2, -0.15) is 4.39 Å². The Morgan fingerprint density at radius 3 is 2.85 bits per heavy atom. The van der Waals surface area contributed by atoms with Crippen LogP contribution in [-0.2, 0) is 0 Å². The third kappa shape index (κ3) is 2.90. The first kappa shape index (κ1) is 14.3. The fourth-order valence-electron chi connectivity index (χ4n) is 2.10. The summed E-state index contributed by atoms with van der Waals surface area (Å²) >= 11 is 0. The first-order chi connectivity index (χ1) is 9.50. The average molecular weight is 285 g/mol. The Balaban J connectivity index is 2.15. The van der Waals surface area contributed by atoms with E-state index in [2.05, 4.69) is 10.6 Å². The van der Waals surface area contributed by atoms with E-state index >= 15 is 0 Å². The van der Waals surface area contributed by atoms with Crippen LogP contribution >= 0.6 is 0 Å². The van der Waals surface area contributed by atoms with Crippen molar-refractivity contribution in [3.63, 3.8) is 0 Å². The molecule has 1 amide bonds. The number of amides is 1. The highest BCUT2D eigenvalue weighted by Crippen LogP contribution is 2.23. The minimum absolute atomic E-state index is 0.198. The number of hydrogen-bond donors (Lipinski definition) is 2. The minimum atomic E-state index is -1.45. The highest BCUT2D eigenvalue weighted by molar-refractivity contribution is 5.95. The number of nitro benzene ring substituents is 1. The predicted octanol–water partition coefficient (Wildman–Crippen LogP) is 1.21. The molecule has 0 aliphatic carbocycles. The smallest absolute Gasteiger partial charge is 0.305 e. The number of benzene rings is 1. The van der Waals surface area contributed by atoms with Gasteiger partial charge in [0.15, 0.2) is 0 Å². The third-order valence-electron chi connectivity index (χ3n) is 3.21. The molecule has 0 radical (unpaired) electrons. The largest absolute Gasteiger partial charge is 0.352 e. The molecule has 1 unspecified atom stereocenters. The van der Waals surface area contributed by atoms with Gasteiger partial charge in [0, 0.05) is 12.6 Å². The van der Waals surface area contributed by atoms with Crippen LogP contribution in [0.1, 0.15) is 16.8 Å². The second-order valence-electron chi connectivity index (χ2n) is 4.58. The van der Waals surface area contributed by atoms with Gasteiger partial charge in [-0.05, 0) is 31.5 Å². The van der Waals surface area contributed by atoms with Crippen molar-refractivity contribution in [2.45, 2.75) is 6.42 Å². The molecular formula is C12H13F2N3O3. The molecular weight excluding hydrogens is 272 g/mol. The van der Waals surface area contributed by atoms with Crippen molar-refractivity contribution in [3.8, 4) is 0 Å². The predicted molar refractivity (Wildman–Crippen MR) is 66.3 cm³/mol. The summed E-state index contributed by atoms with van der Waals surface area (Å²) in [5.41, 5.74) is -1.83. The van der Waals surface area contributed by atoms with E-state index in [9.17, 15) is 23.7 Å². The molecule has 108 valence electrons. The SMILES string of the molecule is O=C(NCC1CCNC1)c1c(F)ccc([N+](=O)[O-])c1F. The Labute approximate surface area is 113 Å². The van der Waals surface area contributed by atoms with Gasteiger partial charge in [0.1, 0.15) is 11.4 Å². The van der Waals surface area contributed by atoms with Gasteiger partial charge in [-0.25, -0.2) is 4.39 Å². The van der Waals surface area contributed by atoms with E-state index in [4.69, 9.17) is 0 Å². The monoisotopic (exact) mass is 285 g/mol. The van der Waals surface area contributed by atoms with Crippen molar-refractivity contribution < 1.29 is 18.5 Å². The van der Waals surface area contributed by atoms with Crippen molar-refractivity contribution in [2.24, 2.45) is 5.92 Å². The summed E-state index contributed by atoms with van der Waals surface area (Å²) in [5, 5.41) is 16.1. The zero-order chi connectivity index (χ0) is 14.7. The number of halogens is 2. The van der Waals surface area contributed by atoms with Crippen LogP contribution in [0.4, 0.5) is 14.5 Å². The van der Waals surface area contributed by atoms with Crippen LogP contribution < -0.4 is 10.6 Å². The van der Waals surface area contributed by atoms with Crippen molar-refractivity contribution >= 4 is 11.6 Å². The molecule has 0 aromatic heterocycles. The zero-order valence-corrected chi connectivity index (χ0v) is 10.5. The van der Waals surface area contributed by atoms with Crippen LogP contribution in [0.2, 0.25) is 0 Å². The highest BCUT2D eigenvalue weighted by atomic mass is 19.1. The lowest BCUT2D eigenvalue weighted by molar-refractivity contribution is -0.387. The molecule has 2 N–H and O–H groups in total. The summed E-state index contributed by atoms with van der Waals surface area (Å²) < 4.78 is 27.3. The van der Waals surface area contributed by atoms with E-state index in [1.807, 2.05) is 0 Å². The topological polar surface area (TPSA) is 84.3 Å². The fraction of sp³-hybridized carbons (Fsp3) is 0.417. The molecule has 1 aromatic rings. The first-order valence-corrected chi connectivity index (χ1v) is 6.12. The molecule has 1 fully saturated rings. The van der Waals surface area contributed by atoms with E-state index in [1.54, 1.807) is 0 Å². The number of carbonyl (C=O) groups is 1. The van der Waals surface area contributed by atoms with E-state index < -0.39 is 33.7 Å². The van der Waals surface area contributed by atoms with Gasteiger partial charge in [-0.1, -0.05) is 0 Å². The second kappa shape index (κ2) is 5.91. The maximum absolute atomic E-state index is 13.8. The Morgan fingerprint density at radius 1 is 1.50 bits per heavy atom. The lowest BCUT2D eigenvalue weighted by Gasteiger charge is -2.11. The number of nitro groups is 1. The van der Waals surface area contributed by atoms with Gasteiger partial charge >= 0.3 is 5.69 Å². The molecule has 20 heavy (non-hydrogen) atoms. The van der Waals surface area contributed by atoms with Crippen LogP contribution in [0.3, 0.4) is 0 Å². The van der Waals surface area contributed by atoms with Gasteiger partial charge in [0.2, 0.25) is 5.82 Å². The second-order valence-corrected chi connectivity index (χ2v) is 4.58. The van der Waals surface area contributed by atoms with E-state index in [0.29, 0.717) is 12.1 Å². The van der Waals surface area contributed by atoms with Gasteiger partial charge < -0.3 is 10.6 Å². The van der Waals surface area contributed by atoms with Crippen molar-refractivity contribution in [1.82, 2.24) is 10.6 Å². The molecule has 1 aliphatic rings. The molecule has 1 heterocycles. The molecule has 1 aliphatic heterocycles. The third-order valence-corrected chi connectivity index (χ3v) is 3.21. The zero-order valence-electron chi connectivity index (χ0n) is 10.5. The average Bonchev–Trinajstić information content (AvgIpc) is 2.89. The highest BCUT2D eigenvalue weighted by Gasteiger charge is 2.26. The molecule has 1 aromatic carbocycles. The van der Waals surface area contributed by atoms with Gasteiger partial charge in [0.05, 0.1) is 4.92 Å². The lowest BCUT2D eigenvalue weighted by Crippen LogP contribution is -2.31. The molecule has 0 spiro atoms. The van der Waals surface area contributed by atoms with Crippen LogP contribution in [0.25, 0.3) is 0 Å². The number of nitrogens with zero attached hydrogens (tertiary/aromatic N) is 1. The number of nitrogens with one attached hydrogen (secondary N) is 2. The lowest BCUT2D eigenvalue weighted by atomic mass is 10.1. The molecule has 1 atom stereocenters. The number of rotatable bonds is 4. The molecule has 2 rings (SSSR count). The van der Waals surface area contributed by atoms with E-state index in [0.717, 1.165) is 19.5 Å². The summed E-state index contributed by atoms with van der Waals surface area (Å²) in [5.74, 6) is -3.34. The summed E-state index contributed by atoms with van der Waals surface area (Å²) in [6, 6.07) is 1.41. The summed E-state index contributed by atoms with van der Waals surface area (Å²) in [6.45, 7) is 1.83. The number of carbonyl (C=O) groups excluding carboxylic acids is 1.